The van der Waals surface area contributed by atoms with Gasteiger partial charge in [-0.2, -0.15) is 0 Å². The summed E-state index contributed by atoms with van der Waals surface area (Å²) in [6, 6.07) is 0. The number of carbonyl (C=O) groups is 1. The minimum Gasteiger partial charge on any atom is -0.351 e. The van der Waals surface area contributed by atoms with E-state index in [1.54, 1.807) is 6.92 Å². The van der Waals surface area contributed by atoms with Gasteiger partial charge in [0.05, 0.1) is 0 Å². The molecule has 0 amide bonds. The van der Waals surface area contributed by atoms with E-state index in [0.29, 0.717) is 5.92 Å². The van der Waals surface area contributed by atoms with Crippen LogP contribution in [0.3, 0.4) is 0 Å². The molecule has 0 bridgehead atoms. The lowest BCUT2D eigenvalue weighted by atomic mass is 9.93. The first-order chi connectivity index (χ1) is 6.20. The molecule has 0 aromatic heterocycles. The van der Waals surface area contributed by atoms with Gasteiger partial charge < -0.3 is 4.90 Å². The number of carbonyl (C=O) groups excluding carboxylic acids is 1. The average molecular weight is 177 g/mol. The highest BCUT2D eigenvalue weighted by Crippen LogP contribution is 2.32. The summed E-state index contributed by atoms with van der Waals surface area (Å²) in [7, 11) is 0. The Balaban J connectivity index is 2.41. The summed E-state index contributed by atoms with van der Waals surface area (Å²) in [5, 5.41) is 0. The van der Waals surface area contributed by atoms with Crippen molar-refractivity contribution in [1.82, 2.24) is 4.90 Å². The van der Waals surface area contributed by atoms with Gasteiger partial charge in [-0.05, 0) is 19.8 Å². The van der Waals surface area contributed by atoms with Gasteiger partial charge >= 0.3 is 0 Å². The summed E-state index contributed by atoms with van der Waals surface area (Å²) in [5.74, 6) is 0.542. The highest BCUT2D eigenvalue weighted by molar-refractivity contribution is 5.95. The Bertz CT molecular complexity index is 301. The maximum absolute atomic E-state index is 11.4. The summed E-state index contributed by atoms with van der Waals surface area (Å²) < 4.78 is 0. The van der Waals surface area contributed by atoms with Gasteiger partial charge in [0, 0.05) is 29.9 Å². The molecule has 70 valence electrons. The SMILES string of the molecule is CC(=O)C1=C2CCCN2C=CC1C. The molecule has 0 aromatic carbocycles. The predicted molar refractivity (Wildman–Crippen MR) is 52.0 cm³/mol. The first-order valence-corrected chi connectivity index (χ1v) is 4.89. The Morgan fingerprint density at radius 2 is 2.38 bits per heavy atom. The summed E-state index contributed by atoms with van der Waals surface area (Å²) >= 11 is 0. The van der Waals surface area contributed by atoms with Crippen molar-refractivity contribution in [3.8, 4) is 0 Å². The van der Waals surface area contributed by atoms with Crippen LogP contribution in [0.25, 0.3) is 0 Å². The van der Waals surface area contributed by atoms with Crippen molar-refractivity contribution in [1.29, 1.82) is 0 Å². The lowest BCUT2D eigenvalue weighted by molar-refractivity contribution is -0.114. The number of allylic oxidation sites excluding steroid dienone is 3. The van der Waals surface area contributed by atoms with E-state index >= 15 is 0 Å². The molecular formula is C11H15NO. The van der Waals surface area contributed by atoms with Crippen LogP contribution in [0, 0.1) is 5.92 Å². The third kappa shape index (κ3) is 1.30. The lowest BCUT2D eigenvalue weighted by Gasteiger charge is -2.25. The smallest absolute Gasteiger partial charge is 0.158 e. The monoisotopic (exact) mass is 177 g/mol. The van der Waals surface area contributed by atoms with Gasteiger partial charge in [-0.25, -0.2) is 0 Å². The Morgan fingerprint density at radius 3 is 3.08 bits per heavy atom. The molecule has 0 radical (unpaired) electrons. The van der Waals surface area contributed by atoms with E-state index in [4.69, 9.17) is 0 Å². The van der Waals surface area contributed by atoms with E-state index in [1.807, 2.05) is 0 Å². The van der Waals surface area contributed by atoms with Gasteiger partial charge in [-0.1, -0.05) is 13.0 Å². The second kappa shape index (κ2) is 3.02. The van der Waals surface area contributed by atoms with Crippen molar-refractivity contribution < 1.29 is 4.79 Å². The first-order valence-electron chi connectivity index (χ1n) is 4.89. The normalized spacial score (nSPS) is 26.6. The van der Waals surface area contributed by atoms with Gasteiger partial charge in [0.2, 0.25) is 0 Å². The molecule has 2 nitrogen and oxygen atoms in total. The van der Waals surface area contributed by atoms with Gasteiger partial charge in [0.15, 0.2) is 5.78 Å². The molecule has 0 aromatic rings. The molecule has 0 aliphatic carbocycles. The van der Waals surface area contributed by atoms with E-state index < -0.39 is 0 Å². The van der Waals surface area contributed by atoms with E-state index in [2.05, 4.69) is 24.1 Å². The largest absolute Gasteiger partial charge is 0.351 e. The van der Waals surface area contributed by atoms with Gasteiger partial charge in [-0.3, -0.25) is 4.79 Å². The maximum atomic E-state index is 11.4. The number of rotatable bonds is 1. The van der Waals surface area contributed by atoms with Crippen LogP contribution in [-0.2, 0) is 4.79 Å². The van der Waals surface area contributed by atoms with E-state index in [1.165, 1.54) is 12.1 Å². The fourth-order valence-corrected chi connectivity index (χ4v) is 2.27. The molecule has 0 N–H and O–H groups in total. The zero-order chi connectivity index (χ0) is 9.42. The number of hydrogen-bond donors (Lipinski definition) is 0. The number of ketones is 1. The highest BCUT2D eigenvalue weighted by atomic mass is 16.1. The molecule has 2 aliphatic rings. The summed E-state index contributed by atoms with van der Waals surface area (Å²) in [6.45, 7) is 4.85. The molecule has 0 spiro atoms. The van der Waals surface area contributed by atoms with Crippen LogP contribution >= 0.6 is 0 Å². The van der Waals surface area contributed by atoms with E-state index in [0.717, 1.165) is 18.5 Å². The van der Waals surface area contributed by atoms with Crippen LogP contribution in [-0.4, -0.2) is 17.2 Å². The molecule has 1 atom stereocenters. The molecule has 13 heavy (non-hydrogen) atoms. The molecule has 1 fully saturated rings. The standard InChI is InChI=1S/C11H15NO/c1-8-5-7-12-6-3-4-10(12)11(8)9(2)13/h5,7-8H,3-4,6H2,1-2H3. The topological polar surface area (TPSA) is 20.3 Å². The molecular weight excluding hydrogens is 162 g/mol. The Morgan fingerprint density at radius 1 is 1.62 bits per heavy atom. The predicted octanol–water partition coefficient (Wildman–Crippen LogP) is 2.09. The Hall–Kier alpha value is -1.05. The van der Waals surface area contributed by atoms with E-state index in [-0.39, 0.29) is 5.78 Å². The van der Waals surface area contributed by atoms with Crippen LogP contribution in [0.5, 0.6) is 0 Å². The molecule has 0 saturated carbocycles. The fraction of sp³-hybridized carbons (Fsp3) is 0.545. The first kappa shape index (κ1) is 8.54. The number of hydrogen-bond acceptors (Lipinski definition) is 2. The van der Waals surface area contributed by atoms with Crippen molar-refractivity contribution in [3.63, 3.8) is 0 Å². The molecule has 1 saturated heterocycles. The van der Waals surface area contributed by atoms with Gasteiger partial charge in [-0.15, -0.1) is 0 Å². The van der Waals surface area contributed by atoms with Crippen molar-refractivity contribution >= 4 is 5.78 Å². The highest BCUT2D eigenvalue weighted by Gasteiger charge is 2.26. The van der Waals surface area contributed by atoms with Crippen LogP contribution in [0.2, 0.25) is 0 Å². The Labute approximate surface area is 78.9 Å². The van der Waals surface area contributed by atoms with Crippen LogP contribution in [0.15, 0.2) is 23.5 Å². The minimum atomic E-state index is 0.235. The van der Waals surface area contributed by atoms with Crippen molar-refractivity contribution in [2.45, 2.75) is 26.7 Å². The van der Waals surface area contributed by atoms with Crippen molar-refractivity contribution in [3.05, 3.63) is 23.5 Å². The number of fused-ring (bicyclic) bond motifs is 1. The van der Waals surface area contributed by atoms with Crippen molar-refractivity contribution in [2.24, 2.45) is 5.92 Å². The van der Waals surface area contributed by atoms with E-state index in [9.17, 15) is 4.79 Å². The summed E-state index contributed by atoms with van der Waals surface area (Å²) in [5.41, 5.74) is 2.29. The lowest BCUT2D eigenvalue weighted by Crippen LogP contribution is -2.21. The Kier molecular flexibility index (Phi) is 1.98. The maximum Gasteiger partial charge on any atom is 0.158 e. The van der Waals surface area contributed by atoms with Gasteiger partial charge in [0.1, 0.15) is 0 Å². The third-order valence-corrected chi connectivity index (χ3v) is 2.86. The van der Waals surface area contributed by atoms with Gasteiger partial charge in [0.25, 0.3) is 0 Å². The molecule has 2 heteroatoms. The molecule has 2 aliphatic heterocycles. The number of nitrogens with zero attached hydrogens (tertiary/aromatic N) is 1. The fourth-order valence-electron chi connectivity index (χ4n) is 2.27. The average Bonchev–Trinajstić information content (AvgIpc) is 2.50. The summed E-state index contributed by atoms with van der Waals surface area (Å²) in [6.07, 6.45) is 6.50. The van der Waals surface area contributed by atoms with Crippen LogP contribution in [0.4, 0.5) is 0 Å². The van der Waals surface area contributed by atoms with Crippen LogP contribution < -0.4 is 0 Å². The summed E-state index contributed by atoms with van der Waals surface area (Å²) in [4.78, 5) is 13.7. The quantitative estimate of drug-likeness (QED) is 0.611. The second-order valence-electron chi connectivity index (χ2n) is 3.84. The van der Waals surface area contributed by atoms with Crippen LogP contribution in [0.1, 0.15) is 26.7 Å². The molecule has 2 rings (SSSR count). The third-order valence-electron chi connectivity index (χ3n) is 2.86. The molecule has 1 unspecified atom stereocenters. The zero-order valence-electron chi connectivity index (χ0n) is 8.21. The minimum absolute atomic E-state index is 0.235. The number of Topliss-reactive ketones (excluding diaryl/α,β-unsaturated/α-hetero) is 1. The molecule has 2 heterocycles. The zero-order valence-corrected chi connectivity index (χ0v) is 8.21. The van der Waals surface area contributed by atoms with Crippen molar-refractivity contribution in [2.75, 3.05) is 6.54 Å². The second-order valence-corrected chi connectivity index (χ2v) is 3.84.